The van der Waals surface area contributed by atoms with Crippen molar-refractivity contribution in [3.8, 4) is 0 Å². The van der Waals surface area contributed by atoms with Crippen LogP contribution >= 0.6 is 0 Å². The second-order valence-corrected chi connectivity index (χ2v) is 5.58. The van der Waals surface area contributed by atoms with Gasteiger partial charge in [0.05, 0.1) is 12.2 Å². The van der Waals surface area contributed by atoms with Gasteiger partial charge < -0.3 is 10.2 Å². The Balaban J connectivity index is 1.80. The van der Waals surface area contributed by atoms with E-state index in [1.165, 1.54) is 5.56 Å². The van der Waals surface area contributed by atoms with Gasteiger partial charge in [0.25, 0.3) is 0 Å². The van der Waals surface area contributed by atoms with Crippen molar-refractivity contribution in [2.45, 2.75) is 56.5 Å². The number of rotatable bonds is 2. The summed E-state index contributed by atoms with van der Waals surface area (Å²) in [5, 5.41) is 20.3. The van der Waals surface area contributed by atoms with Crippen LogP contribution in [0.25, 0.3) is 0 Å². The van der Waals surface area contributed by atoms with Crippen LogP contribution in [0.1, 0.15) is 31.2 Å². The Morgan fingerprint density at radius 3 is 2.00 bits per heavy atom. The number of piperidine rings is 2. The number of hydrogen-bond donors (Lipinski definition) is 2. The topological polar surface area (TPSA) is 43.7 Å². The minimum atomic E-state index is -0.225. The molecular formula is C15H21NO2. The maximum atomic E-state index is 10.1. The van der Waals surface area contributed by atoms with Crippen molar-refractivity contribution in [1.82, 2.24) is 4.90 Å². The first-order chi connectivity index (χ1) is 8.75. The molecule has 0 radical (unpaired) electrons. The molecule has 0 saturated carbocycles. The lowest BCUT2D eigenvalue weighted by Gasteiger charge is -2.50. The van der Waals surface area contributed by atoms with Crippen LogP contribution < -0.4 is 0 Å². The van der Waals surface area contributed by atoms with Gasteiger partial charge in [-0.3, -0.25) is 4.90 Å². The zero-order valence-corrected chi connectivity index (χ0v) is 10.6. The highest BCUT2D eigenvalue weighted by Gasteiger charge is 2.42. The zero-order chi connectivity index (χ0) is 12.5. The van der Waals surface area contributed by atoms with Crippen LogP contribution in [-0.4, -0.2) is 39.4 Å². The molecule has 0 unspecified atom stereocenters. The summed E-state index contributed by atoms with van der Waals surface area (Å²) in [4.78, 5) is 2.32. The second-order valence-electron chi connectivity index (χ2n) is 5.58. The molecule has 3 rings (SSSR count). The molecule has 2 aliphatic heterocycles. The average molecular weight is 247 g/mol. The molecule has 2 bridgehead atoms. The minimum absolute atomic E-state index is 0.225. The normalized spacial score (nSPS) is 36.6. The molecule has 4 atom stereocenters. The number of aliphatic hydroxyl groups excluding tert-OH is 2. The Morgan fingerprint density at radius 1 is 0.889 bits per heavy atom. The van der Waals surface area contributed by atoms with Gasteiger partial charge in [-0.05, 0) is 31.2 Å². The van der Waals surface area contributed by atoms with Crippen molar-refractivity contribution >= 4 is 0 Å². The van der Waals surface area contributed by atoms with Crippen molar-refractivity contribution in [2.75, 3.05) is 0 Å². The fourth-order valence-electron chi connectivity index (χ4n) is 3.50. The van der Waals surface area contributed by atoms with E-state index in [0.29, 0.717) is 0 Å². The Hall–Kier alpha value is -0.900. The molecule has 1 aromatic carbocycles. The Bertz CT molecular complexity index is 377. The van der Waals surface area contributed by atoms with E-state index in [-0.39, 0.29) is 24.3 Å². The van der Waals surface area contributed by atoms with Gasteiger partial charge in [0, 0.05) is 18.6 Å². The van der Waals surface area contributed by atoms with E-state index in [9.17, 15) is 10.2 Å². The van der Waals surface area contributed by atoms with E-state index < -0.39 is 0 Å². The predicted octanol–water partition coefficient (Wildman–Crippen LogP) is 1.54. The van der Waals surface area contributed by atoms with Crippen LogP contribution in [0.2, 0.25) is 0 Å². The fraction of sp³-hybridized carbons (Fsp3) is 0.600. The molecule has 2 N–H and O–H groups in total. The van der Waals surface area contributed by atoms with E-state index in [1.807, 2.05) is 18.2 Å². The van der Waals surface area contributed by atoms with Gasteiger partial charge in [-0.25, -0.2) is 0 Å². The first-order valence-corrected chi connectivity index (χ1v) is 6.91. The van der Waals surface area contributed by atoms with Crippen molar-refractivity contribution < 1.29 is 10.2 Å². The fourth-order valence-corrected chi connectivity index (χ4v) is 3.50. The SMILES string of the molecule is O[C@H]1CC[C@H]2[C@@H](O)CC[C@@H]1N2Cc1ccccc1. The highest BCUT2D eigenvalue weighted by atomic mass is 16.3. The molecule has 3 heteroatoms. The molecule has 98 valence electrons. The number of aliphatic hydroxyl groups is 2. The van der Waals surface area contributed by atoms with Gasteiger partial charge in [-0.2, -0.15) is 0 Å². The number of nitrogens with zero attached hydrogens (tertiary/aromatic N) is 1. The minimum Gasteiger partial charge on any atom is -0.391 e. The van der Waals surface area contributed by atoms with Gasteiger partial charge in [0.15, 0.2) is 0 Å². The number of hydrogen-bond acceptors (Lipinski definition) is 3. The number of benzene rings is 1. The number of fused-ring (bicyclic) bond motifs is 2. The highest BCUT2D eigenvalue weighted by molar-refractivity contribution is 5.15. The van der Waals surface area contributed by atoms with E-state index >= 15 is 0 Å². The van der Waals surface area contributed by atoms with Crippen LogP contribution in [0.4, 0.5) is 0 Å². The summed E-state index contributed by atoms with van der Waals surface area (Å²) < 4.78 is 0. The van der Waals surface area contributed by atoms with Crippen LogP contribution in [0.3, 0.4) is 0 Å². The van der Waals surface area contributed by atoms with Crippen LogP contribution in [0, 0.1) is 0 Å². The molecule has 0 spiro atoms. The maximum absolute atomic E-state index is 10.1. The average Bonchev–Trinajstić information content (AvgIpc) is 2.38. The molecule has 2 heterocycles. The standard InChI is InChI=1S/C15H21NO2/c17-14-8-6-12-15(18)9-7-13(14)16(12)10-11-4-2-1-3-5-11/h1-5,12-15,17-18H,6-10H2/t12-,13-,14-,15-/m0/s1. The quantitative estimate of drug-likeness (QED) is 0.833. The molecule has 2 fully saturated rings. The summed E-state index contributed by atoms with van der Waals surface area (Å²) in [7, 11) is 0. The summed E-state index contributed by atoms with van der Waals surface area (Å²) in [6.45, 7) is 0.838. The molecule has 0 aliphatic carbocycles. The van der Waals surface area contributed by atoms with Crippen molar-refractivity contribution in [2.24, 2.45) is 0 Å². The molecule has 2 aliphatic rings. The Labute approximate surface area is 108 Å². The molecule has 18 heavy (non-hydrogen) atoms. The summed E-state index contributed by atoms with van der Waals surface area (Å²) in [6.07, 6.45) is 3.03. The molecule has 0 aromatic heterocycles. The van der Waals surface area contributed by atoms with Crippen molar-refractivity contribution in [3.05, 3.63) is 35.9 Å². The molecular weight excluding hydrogens is 226 g/mol. The molecule has 3 nitrogen and oxygen atoms in total. The molecule has 2 saturated heterocycles. The third-order valence-electron chi connectivity index (χ3n) is 4.46. The monoisotopic (exact) mass is 247 g/mol. The second kappa shape index (κ2) is 5.00. The third-order valence-corrected chi connectivity index (χ3v) is 4.46. The lowest BCUT2D eigenvalue weighted by Crippen LogP contribution is -2.60. The van der Waals surface area contributed by atoms with Crippen LogP contribution in [0.5, 0.6) is 0 Å². The first kappa shape index (κ1) is 12.2. The van der Waals surface area contributed by atoms with E-state index in [0.717, 1.165) is 32.2 Å². The highest BCUT2D eigenvalue weighted by Crippen LogP contribution is 2.35. The summed E-state index contributed by atoms with van der Waals surface area (Å²) in [6, 6.07) is 10.8. The smallest absolute Gasteiger partial charge is 0.0696 e. The summed E-state index contributed by atoms with van der Waals surface area (Å²) in [5.41, 5.74) is 1.26. The Kier molecular flexibility index (Phi) is 3.37. The maximum Gasteiger partial charge on any atom is 0.0696 e. The Morgan fingerprint density at radius 2 is 1.44 bits per heavy atom. The lowest BCUT2D eigenvalue weighted by molar-refractivity contribution is -0.102. The molecule has 1 aromatic rings. The third kappa shape index (κ3) is 2.18. The largest absolute Gasteiger partial charge is 0.391 e. The van der Waals surface area contributed by atoms with Gasteiger partial charge in [-0.15, -0.1) is 0 Å². The van der Waals surface area contributed by atoms with Gasteiger partial charge in [0.1, 0.15) is 0 Å². The van der Waals surface area contributed by atoms with E-state index in [2.05, 4.69) is 17.0 Å². The molecule has 0 amide bonds. The van der Waals surface area contributed by atoms with Crippen molar-refractivity contribution in [1.29, 1.82) is 0 Å². The zero-order valence-electron chi connectivity index (χ0n) is 10.6. The first-order valence-electron chi connectivity index (χ1n) is 6.91. The summed E-state index contributed by atoms with van der Waals surface area (Å²) >= 11 is 0. The van der Waals surface area contributed by atoms with Crippen molar-refractivity contribution in [3.63, 3.8) is 0 Å². The van der Waals surface area contributed by atoms with E-state index in [4.69, 9.17) is 0 Å². The van der Waals surface area contributed by atoms with Crippen LogP contribution in [0.15, 0.2) is 30.3 Å². The summed E-state index contributed by atoms with van der Waals surface area (Å²) in [5.74, 6) is 0. The van der Waals surface area contributed by atoms with Gasteiger partial charge >= 0.3 is 0 Å². The lowest BCUT2D eigenvalue weighted by atomic mass is 9.81. The van der Waals surface area contributed by atoms with Crippen LogP contribution in [-0.2, 0) is 6.54 Å². The van der Waals surface area contributed by atoms with Gasteiger partial charge in [-0.1, -0.05) is 30.3 Å². The predicted molar refractivity (Wildman–Crippen MR) is 70.0 cm³/mol. The van der Waals surface area contributed by atoms with Gasteiger partial charge in [0.2, 0.25) is 0 Å². The van der Waals surface area contributed by atoms with E-state index in [1.54, 1.807) is 0 Å².